The molecule has 0 radical (unpaired) electrons. The molecule has 0 saturated carbocycles. The Morgan fingerprint density at radius 1 is 1.12 bits per heavy atom. The van der Waals surface area contributed by atoms with E-state index in [9.17, 15) is 19.1 Å². The molecule has 2 N–H and O–H groups in total. The predicted molar refractivity (Wildman–Crippen MR) is 121 cm³/mol. The van der Waals surface area contributed by atoms with E-state index < -0.39 is 11.8 Å². The van der Waals surface area contributed by atoms with Crippen molar-refractivity contribution in [3.63, 3.8) is 0 Å². The summed E-state index contributed by atoms with van der Waals surface area (Å²) in [5.74, 6) is -0.887. The highest BCUT2D eigenvalue weighted by Crippen LogP contribution is 2.50. The number of carboxylic acid groups (broad SMARTS) is 1. The van der Waals surface area contributed by atoms with Crippen LogP contribution >= 0.6 is 11.3 Å². The molecule has 1 aliphatic rings. The largest absolute Gasteiger partial charge is 0.490 e. The fourth-order valence-electron chi connectivity index (χ4n) is 3.88. The zero-order chi connectivity index (χ0) is 22.8. The maximum atomic E-state index is 13.5. The van der Waals surface area contributed by atoms with Gasteiger partial charge in [-0.15, -0.1) is 11.3 Å². The molecule has 6 nitrogen and oxygen atoms in total. The zero-order valence-corrected chi connectivity index (χ0v) is 18.4. The summed E-state index contributed by atoms with van der Waals surface area (Å²) in [5, 5.41) is 12.7. The van der Waals surface area contributed by atoms with E-state index in [0.29, 0.717) is 41.5 Å². The topological polar surface area (TPSA) is 84.9 Å². The van der Waals surface area contributed by atoms with Crippen molar-refractivity contribution in [2.75, 3.05) is 18.5 Å². The Morgan fingerprint density at radius 3 is 2.47 bits per heavy atom. The number of thiophene rings is 1. The number of rotatable bonds is 7. The summed E-state index contributed by atoms with van der Waals surface area (Å²) in [7, 11) is 0. The lowest BCUT2D eigenvalue weighted by atomic mass is 9.88. The Kier molecular flexibility index (Phi) is 6.14. The number of fused-ring (bicyclic) bond motifs is 1. The number of nitrogens with one attached hydrogen (secondary N) is 1. The Labute approximate surface area is 188 Å². The SMILES string of the molecule is CCOc1ccc(C2CC(=O)Nc3c2sc(C(=O)O)c3-c2ccc(F)cc2)cc1OCC. The van der Waals surface area contributed by atoms with Crippen LogP contribution in [0.5, 0.6) is 11.5 Å². The maximum Gasteiger partial charge on any atom is 0.346 e. The molecule has 0 saturated heterocycles. The summed E-state index contributed by atoms with van der Waals surface area (Å²) < 4.78 is 24.8. The van der Waals surface area contributed by atoms with Gasteiger partial charge in [-0.3, -0.25) is 4.79 Å². The minimum Gasteiger partial charge on any atom is -0.490 e. The molecule has 32 heavy (non-hydrogen) atoms. The zero-order valence-electron chi connectivity index (χ0n) is 17.6. The minimum absolute atomic E-state index is 0.102. The molecule has 1 amide bonds. The molecule has 0 bridgehead atoms. The van der Waals surface area contributed by atoms with Gasteiger partial charge in [0.15, 0.2) is 11.5 Å². The molecule has 1 aromatic heterocycles. The van der Waals surface area contributed by atoms with Gasteiger partial charge in [0.1, 0.15) is 10.7 Å². The number of anilines is 1. The van der Waals surface area contributed by atoms with Crippen molar-refractivity contribution in [2.24, 2.45) is 0 Å². The Balaban J connectivity index is 1.86. The van der Waals surface area contributed by atoms with E-state index in [4.69, 9.17) is 9.47 Å². The number of aromatic carboxylic acids is 1. The molecule has 3 aromatic rings. The van der Waals surface area contributed by atoms with Crippen molar-refractivity contribution in [1.82, 2.24) is 0 Å². The summed E-state index contributed by atoms with van der Waals surface area (Å²) >= 11 is 1.13. The number of ether oxygens (including phenoxy) is 2. The van der Waals surface area contributed by atoms with Crippen LogP contribution < -0.4 is 14.8 Å². The summed E-state index contributed by atoms with van der Waals surface area (Å²) in [6.07, 6.45) is 0.176. The quantitative estimate of drug-likeness (QED) is 0.490. The fraction of sp³-hybridized carbons (Fsp3) is 0.250. The van der Waals surface area contributed by atoms with Crippen molar-refractivity contribution in [2.45, 2.75) is 26.2 Å². The molecule has 2 heterocycles. The highest BCUT2D eigenvalue weighted by atomic mass is 32.1. The van der Waals surface area contributed by atoms with Gasteiger partial charge in [-0.05, 0) is 49.2 Å². The molecule has 166 valence electrons. The van der Waals surface area contributed by atoms with E-state index in [0.717, 1.165) is 21.8 Å². The van der Waals surface area contributed by atoms with Crippen LogP contribution in [0.1, 0.15) is 46.3 Å². The van der Waals surface area contributed by atoms with Crippen LogP contribution in [0.25, 0.3) is 11.1 Å². The first-order valence-electron chi connectivity index (χ1n) is 10.3. The monoisotopic (exact) mass is 455 g/mol. The summed E-state index contributed by atoms with van der Waals surface area (Å²) in [4.78, 5) is 25.5. The Morgan fingerprint density at radius 2 is 1.81 bits per heavy atom. The van der Waals surface area contributed by atoms with Gasteiger partial charge >= 0.3 is 5.97 Å². The Hall–Kier alpha value is -3.39. The van der Waals surface area contributed by atoms with Crippen LogP contribution in [-0.4, -0.2) is 30.2 Å². The molecular formula is C24H22FNO5S. The maximum absolute atomic E-state index is 13.5. The molecule has 0 spiro atoms. The van der Waals surface area contributed by atoms with Gasteiger partial charge in [-0.2, -0.15) is 0 Å². The number of benzene rings is 2. The average Bonchev–Trinajstić information content (AvgIpc) is 3.15. The van der Waals surface area contributed by atoms with Gasteiger partial charge in [0.25, 0.3) is 0 Å². The third kappa shape index (κ3) is 4.05. The van der Waals surface area contributed by atoms with Crippen molar-refractivity contribution in [3.05, 3.63) is 63.6 Å². The smallest absolute Gasteiger partial charge is 0.346 e. The first-order valence-corrected chi connectivity index (χ1v) is 11.1. The van der Waals surface area contributed by atoms with Gasteiger partial charge in [0.2, 0.25) is 5.91 Å². The number of hydrogen-bond donors (Lipinski definition) is 2. The van der Waals surface area contributed by atoms with Crippen LogP contribution in [0.4, 0.5) is 10.1 Å². The van der Waals surface area contributed by atoms with Crippen LogP contribution in [0.3, 0.4) is 0 Å². The number of hydrogen-bond acceptors (Lipinski definition) is 5. The van der Waals surface area contributed by atoms with Crippen molar-refractivity contribution >= 4 is 28.9 Å². The molecule has 0 fully saturated rings. The average molecular weight is 456 g/mol. The molecule has 0 aliphatic carbocycles. The van der Waals surface area contributed by atoms with E-state index in [1.807, 2.05) is 32.0 Å². The molecule has 1 unspecified atom stereocenters. The van der Waals surface area contributed by atoms with Crippen molar-refractivity contribution in [1.29, 1.82) is 0 Å². The summed E-state index contributed by atoms with van der Waals surface area (Å²) in [6, 6.07) is 11.1. The lowest BCUT2D eigenvalue weighted by Crippen LogP contribution is -2.22. The van der Waals surface area contributed by atoms with Gasteiger partial charge < -0.3 is 19.9 Å². The van der Waals surface area contributed by atoms with Gasteiger partial charge in [-0.1, -0.05) is 18.2 Å². The normalized spacial score (nSPS) is 15.1. The lowest BCUT2D eigenvalue weighted by Gasteiger charge is -2.24. The molecule has 1 aliphatic heterocycles. The van der Waals surface area contributed by atoms with Crippen LogP contribution in [-0.2, 0) is 4.79 Å². The highest BCUT2D eigenvalue weighted by molar-refractivity contribution is 7.15. The molecule has 1 atom stereocenters. The van der Waals surface area contributed by atoms with Crippen LogP contribution in [0, 0.1) is 5.82 Å². The minimum atomic E-state index is -1.10. The standard InChI is InChI=1S/C24H22FNO5S/c1-3-30-17-10-7-14(11-18(17)31-4-2)16-12-19(27)26-21-20(13-5-8-15(25)9-6-13)23(24(28)29)32-22(16)21/h5-11,16H,3-4,12H2,1-2H3,(H,26,27)(H,28,29). The molecular weight excluding hydrogens is 433 g/mol. The number of halogens is 1. The van der Waals surface area contributed by atoms with Gasteiger partial charge in [0, 0.05) is 22.8 Å². The second kappa shape index (κ2) is 9.00. The lowest BCUT2D eigenvalue weighted by molar-refractivity contribution is -0.116. The van der Waals surface area contributed by atoms with E-state index in [1.54, 1.807) is 0 Å². The number of carbonyl (C=O) groups excluding carboxylic acids is 1. The van der Waals surface area contributed by atoms with E-state index in [1.165, 1.54) is 24.3 Å². The summed E-state index contributed by atoms with van der Waals surface area (Å²) in [5.41, 5.74) is 2.22. The van der Waals surface area contributed by atoms with Gasteiger partial charge in [-0.25, -0.2) is 9.18 Å². The Bertz CT molecular complexity index is 1170. The number of amides is 1. The first kappa shape index (κ1) is 21.8. The van der Waals surface area contributed by atoms with E-state index >= 15 is 0 Å². The number of carboxylic acids is 1. The summed E-state index contributed by atoms with van der Waals surface area (Å²) in [6.45, 7) is 4.71. The second-order valence-corrected chi connectivity index (χ2v) is 8.29. The molecule has 8 heteroatoms. The fourth-order valence-corrected chi connectivity index (χ4v) is 5.13. The third-order valence-corrected chi connectivity index (χ3v) is 6.49. The van der Waals surface area contributed by atoms with E-state index in [2.05, 4.69) is 5.32 Å². The van der Waals surface area contributed by atoms with E-state index in [-0.39, 0.29) is 23.1 Å². The van der Waals surface area contributed by atoms with Crippen LogP contribution in [0.15, 0.2) is 42.5 Å². The molecule has 4 rings (SSSR count). The first-order chi connectivity index (χ1) is 15.4. The van der Waals surface area contributed by atoms with Crippen molar-refractivity contribution in [3.8, 4) is 22.6 Å². The molecule has 2 aromatic carbocycles. The number of carbonyl (C=O) groups is 2. The van der Waals surface area contributed by atoms with Crippen LogP contribution in [0.2, 0.25) is 0 Å². The second-order valence-electron chi connectivity index (χ2n) is 7.23. The third-order valence-electron chi connectivity index (χ3n) is 5.20. The van der Waals surface area contributed by atoms with Crippen molar-refractivity contribution < 1.29 is 28.6 Å². The predicted octanol–water partition coefficient (Wildman–Crippen LogP) is 5.52. The highest BCUT2D eigenvalue weighted by Gasteiger charge is 2.34. The van der Waals surface area contributed by atoms with Gasteiger partial charge in [0.05, 0.1) is 18.9 Å².